The van der Waals surface area contributed by atoms with Crippen LogP contribution in [0.2, 0.25) is 0 Å². The average molecular weight is 206 g/mol. The Kier molecular flexibility index (Phi) is 3.82. The second-order valence-corrected chi connectivity index (χ2v) is 3.57. The smallest absolute Gasteiger partial charge is 0.294 e. The zero-order valence-corrected chi connectivity index (χ0v) is 7.38. The summed E-state index contributed by atoms with van der Waals surface area (Å²) >= 11 is 0. The Morgan fingerprint density at radius 2 is 1.69 bits per heavy atom. The third-order valence-electron chi connectivity index (χ3n) is 1.32. The number of nitrogens with two attached hydrogens (primary N) is 1. The molecule has 6 N–H and O–H groups in total. The van der Waals surface area contributed by atoms with Gasteiger partial charge in [0.25, 0.3) is 10.1 Å². The summed E-state index contributed by atoms with van der Waals surface area (Å²) in [6.07, 6.45) is 0. The van der Waals surface area contributed by atoms with E-state index in [1.54, 1.807) is 0 Å². The van der Waals surface area contributed by atoms with E-state index in [0.717, 1.165) is 0 Å². The minimum absolute atomic E-state index is 0. The maximum atomic E-state index is 10.5. The van der Waals surface area contributed by atoms with Gasteiger partial charge in [0.1, 0.15) is 0 Å². The Hall–Kier alpha value is -1.15. The maximum Gasteiger partial charge on any atom is 0.294 e. The highest BCUT2D eigenvalue weighted by Crippen LogP contribution is 2.12. The fourth-order valence-electron chi connectivity index (χ4n) is 0.723. The highest BCUT2D eigenvalue weighted by atomic mass is 32.2. The molecule has 0 fully saturated rings. The molecule has 0 spiro atoms. The van der Waals surface area contributed by atoms with Gasteiger partial charge in [0, 0.05) is 5.69 Å². The molecule has 0 bridgehead atoms. The van der Waals surface area contributed by atoms with Crippen molar-refractivity contribution >= 4 is 15.8 Å². The van der Waals surface area contributed by atoms with Crippen LogP contribution < -0.4 is 11.3 Å². The molecular formula is C6H10N2O4S. The van der Waals surface area contributed by atoms with Gasteiger partial charge >= 0.3 is 0 Å². The molecule has 0 radical (unpaired) electrons. The molecule has 6 nitrogen and oxygen atoms in total. The van der Waals surface area contributed by atoms with Gasteiger partial charge < -0.3 is 10.9 Å². The maximum absolute atomic E-state index is 10.5. The molecule has 0 aromatic heterocycles. The fourth-order valence-corrected chi connectivity index (χ4v) is 1.20. The van der Waals surface area contributed by atoms with Crippen LogP contribution >= 0.6 is 0 Å². The monoisotopic (exact) mass is 206 g/mol. The Bertz CT molecular complexity index is 359. The van der Waals surface area contributed by atoms with E-state index < -0.39 is 10.1 Å². The van der Waals surface area contributed by atoms with Crippen molar-refractivity contribution in [2.45, 2.75) is 4.90 Å². The van der Waals surface area contributed by atoms with E-state index in [9.17, 15) is 8.42 Å². The third kappa shape index (κ3) is 2.99. The minimum atomic E-state index is -4.10. The standard InChI is InChI=1S/C6H8N2O3S.H2O/c7-8-5-1-3-6(4-2-5)12(9,10)11;/h1-4,8H,7H2,(H,9,10,11);1H2. The van der Waals surface area contributed by atoms with E-state index in [1.165, 1.54) is 24.3 Å². The van der Waals surface area contributed by atoms with E-state index in [0.29, 0.717) is 5.69 Å². The van der Waals surface area contributed by atoms with Crippen LogP contribution in [0.1, 0.15) is 0 Å². The molecule has 0 amide bonds. The first kappa shape index (κ1) is 11.8. The number of hydrogen-bond donors (Lipinski definition) is 3. The zero-order valence-electron chi connectivity index (χ0n) is 6.56. The van der Waals surface area contributed by atoms with Gasteiger partial charge in [0.15, 0.2) is 0 Å². The summed E-state index contributed by atoms with van der Waals surface area (Å²) in [6, 6.07) is 5.40. The van der Waals surface area contributed by atoms with Crippen molar-refractivity contribution in [1.29, 1.82) is 0 Å². The largest absolute Gasteiger partial charge is 0.412 e. The molecule has 0 atom stereocenters. The van der Waals surface area contributed by atoms with Crippen LogP contribution in [0.25, 0.3) is 0 Å². The summed E-state index contributed by atoms with van der Waals surface area (Å²) in [5.74, 6) is 5.05. The van der Waals surface area contributed by atoms with Crippen LogP contribution in [-0.2, 0) is 10.1 Å². The SMILES string of the molecule is NNc1ccc(S(=O)(=O)O)cc1.O. The lowest BCUT2D eigenvalue weighted by Crippen LogP contribution is -2.06. The summed E-state index contributed by atoms with van der Waals surface area (Å²) in [4.78, 5) is -0.151. The predicted molar refractivity (Wildman–Crippen MR) is 47.7 cm³/mol. The number of nitrogens with one attached hydrogen (secondary N) is 1. The molecule has 0 heterocycles. The van der Waals surface area contributed by atoms with Crippen LogP contribution in [0.4, 0.5) is 5.69 Å². The number of nitrogen functional groups attached to an aromatic ring is 1. The van der Waals surface area contributed by atoms with Crippen molar-refractivity contribution in [2.75, 3.05) is 5.43 Å². The Balaban J connectivity index is 0.00000144. The van der Waals surface area contributed by atoms with Gasteiger partial charge in [-0.15, -0.1) is 0 Å². The van der Waals surface area contributed by atoms with Gasteiger partial charge in [-0.2, -0.15) is 8.42 Å². The topological polar surface area (TPSA) is 124 Å². The zero-order chi connectivity index (χ0) is 9.19. The molecule has 0 aliphatic rings. The summed E-state index contributed by atoms with van der Waals surface area (Å²) in [5.41, 5.74) is 2.90. The van der Waals surface area contributed by atoms with Crippen LogP contribution in [0.15, 0.2) is 29.2 Å². The molecule has 0 unspecified atom stereocenters. The molecular weight excluding hydrogens is 196 g/mol. The van der Waals surface area contributed by atoms with Gasteiger partial charge in [-0.25, -0.2) is 0 Å². The van der Waals surface area contributed by atoms with Gasteiger partial charge in [0.05, 0.1) is 4.90 Å². The molecule has 1 rings (SSSR count). The van der Waals surface area contributed by atoms with Crippen molar-refractivity contribution in [1.82, 2.24) is 0 Å². The summed E-state index contributed by atoms with van der Waals surface area (Å²) in [6.45, 7) is 0. The summed E-state index contributed by atoms with van der Waals surface area (Å²) in [5, 5.41) is 0. The second kappa shape index (κ2) is 4.19. The fraction of sp³-hybridized carbons (Fsp3) is 0. The molecule has 1 aromatic carbocycles. The summed E-state index contributed by atoms with van der Waals surface area (Å²) < 4.78 is 29.6. The Labute approximate surface area is 75.4 Å². The first-order valence-corrected chi connectivity index (χ1v) is 4.52. The lowest BCUT2D eigenvalue weighted by atomic mass is 10.3. The van der Waals surface area contributed by atoms with E-state index in [1.807, 2.05) is 0 Å². The normalized spacial score (nSPS) is 10.3. The molecule has 1 aromatic rings. The van der Waals surface area contributed by atoms with Crippen LogP contribution in [0.3, 0.4) is 0 Å². The first-order chi connectivity index (χ1) is 5.54. The van der Waals surface area contributed by atoms with Crippen molar-refractivity contribution in [3.63, 3.8) is 0 Å². The van der Waals surface area contributed by atoms with Crippen LogP contribution in [0, 0.1) is 0 Å². The molecule has 0 saturated carbocycles. The van der Waals surface area contributed by atoms with Crippen molar-refractivity contribution in [2.24, 2.45) is 5.84 Å². The van der Waals surface area contributed by atoms with E-state index in [-0.39, 0.29) is 10.4 Å². The molecule has 74 valence electrons. The van der Waals surface area contributed by atoms with Crippen molar-refractivity contribution < 1.29 is 18.4 Å². The number of anilines is 1. The average Bonchev–Trinajstić information content (AvgIpc) is 2.03. The highest BCUT2D eigenvalue weighted by molar-refractivity contribution is 7.85. The van der Waals surface area contributed by atoms with Gasteiger partial charge in [-0.3, -0.25) is 10.4 Å². The third-order valence-corrected chi connectivity index (χ3v) is 2.19. The summed E-state index contributed by atoms with van der Waals surface area (Å²) in [7, 11) is -4.10. The Morgan fingerprint density at radius 3 is 2.00 bits per heavy atom. The molecule has 0 saturated heterocycles. The molecule has 0 aliphatic heterocycles. The predicted octanol–water partition coefficient (Wildman–Crippen LogP) is -0.606. The first-order valence-electron chi connectivity index (χ1n) is 3.08. The van der Waals surface area contributed by atoms with E-state index >= 15 is 0 Å². The van der Waals surface area contributed by atoms with Gasteiger partial charge in [0.2, 0.25) is 0 Å². The number of rotatable bonds is 2. The minimum Gasteiger partial charge on any atom is -0.412 e. The lowest BCUT2D eigenvalue weighted by molar-refractivity contribution is 0.483. The molecule has 13 heavy (non-hydrogen) atoms. The molecule has 7 heteroatoms. The number of hydrazine groups is 1. The van der Waals surface area contributed by atoms with Crippen molar-refractivity contribution in [3.8, 4) is 0 Å². The highest BCUT2D eigenvalue weighted by Gasteiger charge is 2.07. The van der Waals surface area contributed by atoms with Crippen LogP contribution in [-0.4, -0.2) is 18.4 Å². The number of benzene rings is 1. The lowest BCUT2D eigenvalue weighted by Gasteiger charge is -1.99. The number of hydrogen-bond acceptors (Lipinski definition) is 4. The van der Waals surface area contributed by atoms with Crippen LogP contribution in [0.5, 0.6) is 0 Å². The quantitative estimate of drug-likeness (QED) is 0.338. The Morgan fingerprint density at radius 1 is 1.23 bits per heavy atom. The second-order valence-electron chi connectivity index (χ2n) is 2.14. The van der Waals surface area contributed by atoms with Crippen molar-refractivity contribution in [3.05, 3.63) is 24.3 Å². The van der Waals surface area contributed by atoms with Gasteiger partial charge in [-0.1, -0.05) is 0 Å². The van der Waals surface area contributed by atoms with Gasteiger partial charge in [-0.05, 0) is 24.3 Å². The van der Waals surface area contributed by atoms with E-state index in [2.05, 4.69) is 5.43 Å². The molecule has 0 aliphatic carbocycles. The van der Waals surface area contributed by atoms with E-state index in [4.69, 9.17) is 10.4 Å².